The number of hydrogen-bond acceptors (Lipinski definition) is 5. The number of benzene rings is 2. The fourth-order valence-electron chi connectivity index (χ4n) is 3.76. The van der Waals surface area contributed by atoms with Crippen LogP contribution in [-0.2, 0) is 5.60 Å². The number of hydrogen-bond donors (Lipinski definition) is 2. The third kappa shape index (κ3) is 4.78. The Kier molecular flexibility index (Phi) is 6.41. The van der Waals surface area contributed by atoms with Crippen LogP contribution in [0.3, 0.4) is 0 Å². The first-order chi connectivity index (χ1) is 16.5. The Morgan fingerprint density at radius 2 is 1.80 bits per heavy atom. The second-order valence-electron chi connectivity index (χ2n) is 8.77. The van der Waals surface area contributed by atoms with E-state index in [0.29, 0.717) is 44.1 Å². The Balaban J connectivity index is 1.83. The Labute approximate surface area is 206 Å². The van der Waals surface area contributed by atoms with Crippen LogP contribution in [0.15, 0.2) is 42.7 Å². The first kappa shape index (κ1) is 24.5. The van der Waals surface area contributed by atoms with E-state index < -0.39 is 23.3 Å². The van der Waals surface area contributed by atoms with Gasteiger partial charge in [-0.3, -0.25) is 4.98 Å². The third-order valence-electron chi connectivity index (χ3n) is 5.63. The maximum absolute atomic E-state index is 15.1. The molecule has 2 aromatic carbocycles. The minimum absolute atomic E-state index is 0.211. The molecule has 0 spiro atoms. The number of nitrogens with one attached hydrogen (secondary N) is 1. The third-order valence-corrected chi connectivity index (χ3v) is 6.09. The molecule has 4 aromatic rings. The largest absolute Gasteiger partial charge is 0.382 e. The predicted molar refractivity (Wildman–Crippen MR) is 132 cm³/mol. The monoisotopic (exact) mass is 493 g/mol. The molecule has 0 amide bonds. The molecule has 2 N–H and O–H groups in total. The van der Waals surface area contributed by atoms with Gasteiger partial charge in [0.05, 0.1) is 34.5 Å². The molecule has 2 heterocycles. The number of rotatable bonds is 5. The zero-order valence-electron chi connectivity index (χ0n) is 19.5. The van der Waals surface area contributed by atoms with E-state index in [9.17, 15) is 9.50 Å². The number of aliphatic hydroxyl groups is 1. The normalized spacial score (nSPS) is 12.4. The lowest BCUT2D eigenvalue weighted by molar-refractivity contribution is 0.0687. The summed E-state index contributed by atoms with van der Waals surface area (Å²) in [6.45, 7) is 13.8. The van der Waals surface area contributed by atoms with Crippen LogP contribution in [-0.4, -0.2) is 20.1 Å². The Hall–Kier alpha value is -3.67. The van der Waals surface area contributed by atoms with Gasteiger partial charge < -0.3 is 10.4 Å². The number of halogens is 3. The van der Waals surface area contributed by atoms with Crippen molar-refractivity contribution in [3.05, 3.63) is 87.9 Å². The highest BCUT2D eigenvalue weighted by Crippen LogP contribution is 2.38. The van der Waals surface area contributed by atoms with E-state index in [1.54, 1.807) is 33.8 Å². The minimum atomic E-state index is -1.23. The van der Waals surface area contributed by atoms with Gasteiger partial charge in [0.15, 0.2) is 11.5 Å². The number of anilines is 1. The second kappa shape index (κ2) is 9.17. The van der Waals surface area contributed by atoms with Gasteiger partial charge in [0.1, 0.15) is 17.2 Å². The van der Waals surface area contributed by atoms with Crippen LogP contribution in [0.2, 0.25) is 5.02 Å². The highest BCUT2D eigenvalue weighted by molar-refractivity contribution is 6.35. The highest BCUT2D eigenvalue weighted by Gasteiger charge is 2.21. The van der Waals surface area contributed by atoms with E-state index in [1.807, 2.05) is 0 Å². The van der Waals surface area contributed by atoms with Gasteiger partial charge in [0, 0.05) is 35.0 Å². The lowest BCUT2D eigenvalue weighted by Gasteiger charge is -2.21. The number of fused-ring (bicyclic) bond motifs is 1. The van der Waals surface area contributed by atoms with Crippen molar-refractivity contribution in [2.24, 2.45) is 0 Å². The molecule has 2 aromatic heterocycles. The minimum Gasteiger partial charge on any atom is -0.382 e. The van der Waals surface area contributed by atoms with Crippen LogP contribution in [0.4, 0.5) is 20.2 Å². The van der Waals surface area contributed by atoms with Crippen molar-refractivity contribution in [2.45, 2.75) is 39.3 Å². The van der Waals surface area contributed by atoms with Crippen molar-refractivity contribution in [1.82, 2.24) is 15.0 Å². The topological polar surface area (TPSA) is 75.3 Å². The van der Waals surface area contributed by atoms with Gasteiger partial charge >= 0.3 is 0 Å². The van der Waals surface area contributed by atoms with E-state index in [-0.39, 0.29) is 11.4 Å². The van der Waals surface area contributed by atoms with Crippen LogP contribution in [0.1, 0.15) is 43.9 Å². The molecule has 0 aliphatic rings. The van der Waals surface area contributed by atoms with E-state index in [4.69, 9.17) is 18.2 Å². The molecule has 4 rings (SSSR count). The SMILES string of the molecule is [C-]#[N+]c1ccc(F)c([C@@H](C)Nc2c(Cl)c(C)nc3cc(F)c(-c4cnc(C(C)(C)O)nc4)cc23)c1. The Bertz CT molecular complexity index is 1480. The summed E-state index contributed by atoms with van der Waals surface area (Å²) in [6.07, 6.45) is 2.88. The van der Waals surface area contributed by atoms with Gasteiger partial charge in [0.2, 0.25) is 0 Å². The van der Waals surface area contributed by atoms with E-state index >= 15 is 4.39 Å². The summed E-state index contributed by atoms with van der Waals surface area (Å²) >= 11 is 6.60. The summed E-state index contributed by atoms with van der Waals surface area (Å²) in [6, 6.07) is 6.49. The molecule has 0 aliphatic heterocycles. The molecule has 9 heteroatoms. The summed E-state index contributed by atoms with van der Waals surface area (Å²) in [5.74, 6) is -0.775. The zero-order valence-corrected chi connectivity index (χ0v) is 20.2. The summed E-state index contributed by atoms with van der Waals surface area (Å²) in [7, 11) is 0. The molecule has 0 bridgehead atoms. The van der Waals surface area contributed by atoms with Gasteiger partial charge in [-0.2, -0.15) is 0 Å². The molecule has 1 atom stereocenters. The summed E-state index contributed by atoms with van der Waals surface area (Å²) in [5.41, 5.74) is 1.32. The summed E-state index contributed by atoms with van der Waals surface area (Å²) < 4.78 is 29.6. The Morgan fingerprint density at radius 3 is 2.43 bits per heavy atom. The summed E-state index contributed by atoms with van der Waals surface area (Å²) in [5, 5.41) is 14.2. The van der Waals surface area contributed by atoms with Crippen LogP contribution >= 0.6 is 11.6 Å². The van der Waals surface area contributed by atoms with Crippen LogP contribution in [0, 0.1) is 25.1 Å². The smallest absolute Gasteiger partial charge is 0.187 e. The van der Waals surface area contributed by atoms with E-state index in [1.165, 1.54) is 36.7 Å². The summed E-state index contributed by atoms with van der Waals surface area (Å²) in [4.78, 5) is 16.1. The van der Waals surface area contributed by atoms with Crippen molar-refractivity contribution >= 4 is 33.9 Å². The average Bonchev–Trinajstić information content (AvgIpc) is 2.81. The molecule has 35 heavy (non-hydrogen) atoms. The van der Waals surface area contributed by atoms with Gasteiger partial charge in [-0.1, -0.05) is 17.7 Å². The second-order valence-corrected chi connectivity index (χ2v) is 9.15. The van der Waals surface area contributed by atoms with E-state index in [2.05, 4.69) is 25.1 Å². The number of aryl methyl sites for hydroxylation is 1. The number of nitrogens with zero attached hydrogens (tertiary/aromatic N) is 4. The molecule has 0 saturated heterocycles. The maximum atomic E-state index is 15.1. The van der Waals surface area contributed by atoms with Gasteiger partial charge in [0.25, 0.3) is 0 Å². The van der Waals surface area contributed by atoms with Crippen molar-refractivity contribution in [2.75, 3.05) is 5.32 Å². The standard InChI is InChI=1S/C26H22ClF2N5O/c1-13(17-8-16(30-5)6-7-20(17)28)34-24-19-9-18(15-11-31-25(32-12-15)26(3,4)35)21(29)10-22(19)33-14(2)23(24)27/h6-13,35H,1-4H3,(H,33,34)/t13-/m1/s1. The quantitative estimate of drug-likeness (QED) is 0.296. The van der Waals surface area contributed by atoms with E-state index in [0.717, 1.165) is 0 Å². The van der Waals surface area contributed by atoms with Crippen molar-refractivity contribution in [1.29, 1.82) is 0 Å². The maximum Gasteiger partial charge on any atom is 0.187 e. The molecule has 0 radical (unpaired) electrons. The van der Waals surface area contributed by atoms with Crippen LogP contribution in [0.5, 0.6) is 0 Å². The lowest BCUT2D eigenvalue weighted by Crippen LogP contribution is -2.19. The van der Waals surface area contributed by atoms with Crippen LogP contribution in [0.25, 0.3) is 26.9 Å². The first-order valence-corrected chi connectivity index (χ1v) is 11.2. The fourth-order valence-corrected chi connectivity index (χ4v) is 3.96. The molecular weight excluding hydrogens is 472 g/mol. The number of pyridine rings is 1. The highest BCUT2D eigenvalue weighted by atomic mass is 35.5. The molecule has 6 nitrogen and oxygen atoms in total. The predicted octanol–water partition coefficient (Wildman–Crippen LogP) is 6.88. The van der Waals surface area contributed by atoms with Crippen LogP contribution < -0.4 is 5.32 Å². The molecule has 178 valence electrons. The van der Waals surface area contributed by atoms with Crippen molar-refractivity contribution in [3.63, 3.8) is 0 Å². The van der Waals surface area contributed by atoms with Gasteiger partial charge in [-0.25, -0.2) is 23.6 Å². The van der Waals surface area contributed by atoms with Gasteiger partial charge in [-0.15, -0.1) is 0 Å². The lowest BCUT2D eigenvalue weighted by atomic mass is 10.0. The zero-order chi connectivity index (χ0) is 25.5. The van der Waals surface area contributed by atoms with Gasteiger partial charge in [-0.05, 0) is 51.5 Å². The molecule has 0 fully saturated rings. The first-order valence-electron chi connectivity index (χ1n) is 10.8. The van der Waals surface area contributed by atoms with Crippen molar-refractivity contribution in [3.8, 4) is 11.1 Å². The molecule has 0 aliphatic carbocycles. The van der Waals surface area contributed by atoms with Crippen molar-refractivity contribution < 1.29 is 13.9 Å². The average molecular weight is 494 g/mol. The molecule has 0 unspecified atom stereocenters. The Morgan fingerprint density at radius 1 is 1.11 bits per heavy atom. The molecule has 0 saturated carbocycles. The fraction of sp³-hybridized carbons (Fsp3) is 0.231. The number of aromatic nitrogens is 3. The molecular formula is C26H22ClF2N5O.